The van der Waals surface area contributed by atoms with E-state index in [1.165, 1.54) is 32.2 Å². The van der Waals surface area contributed by atoms with Crippen LogP contribution >= 0.6 is 12.4 Å². The van der Waals surface area contributed by atoms with E-state index in [-0.39, 0.29) is 24.2 Å². The minimum atomic E-state index is 0. The van der Waals surface area contributed by atoms with E-state index in [1.807, 2.05) is 0 Å². The first-order valence-electron chi connectivity index (χ1n) is 8.45. The molecule has 2 fully saturated rings. The van der Waals surface area contributed by atoms with Gasteiger partial charge in [-0.1, -0.05) is 13.3 Å². The zero-order valence-corrected chi connectivity index (χ0v) is 14.4. The Balaban J connectivity index is 0.00000220. The number of rotatable bonds is 5. The van der Waals surface area contributed by atoms with Crippen LogP contribution in [0.2, 0.25) is 0 Å². The molecular formula is C16H32ClN3O. The Morgan fingerprint density at radius 1 is 1.33 bits per heavy atom. The lowest BCUT2D eigenvalue weighted by atomic mass is 9.92. The number of amides is 1. The Labute approximate surface area is 135 Å². The van der Waals surface area contributed by atoms with Gasteiger partial charge < -0.3 is 10.6 Å². The van der Waals surface area contributed by atoms with Gasteiger partial charge in [0.25, 0.3) is 0 Å². The van der Waals surface area contributed by atoms with Crippen LogP contribution in [0.1, 0.15) is 52.4 Å². The van der Waals surface area contributed by atoms with Crippen LogP contribution in [0.4, 0.5) is 0 Å². The third-order valence-corrected chi connectivity index (χ3v) is 4.91. The fourth-order valence-electron chi connectivity index (χ4n) is 3.65. The van der Waals surface area contributed by atoms with Crippen LogP contribution in [0.3, 0.4) is 0 Å². The van der Waals surface area contributed by atoms with Gasteiger partial charge in [-0.3, -0.25) is 9.69 Å². The fourth-order valence-corrected chi connectivity index (χ4v) is 3.65. The van der Waals surface area contributed by atoms with Gasteiger partial charge in [0.05, 0.1) is 0 Å². The smallest absolute Gasteiger partial charge is 0.223 e. The van der Waals surface area contributed by atoms with Crippen molar-refractivity contribution < 1.29 is 4.79 Å². The first kappa shape index (κ1) is 18.7. The van der Waals surface area contributed by atoms with Crippen LogP contribution in [-0.4, -0.2) is 49.1 Å². The number of piperidine rings is 2. The molecule has 1 amide bonds. The Hall–Kier alpha value is -0.320. The van der Waals surface area contributed by atoms with Crippen LogP contribution in [0, 0.1) is 5.92 Å². The molecule has 2 N–H and O–H groups in total. The molecule has 1 unspecified atom stereocenters. The molecule has 21 heavy (non-hydrogen) atoms. The molecule has 0 aromatic heterocycles. The summed E-state index contributed by atoms with van der Waals surface area (Å²) in [6, 6.07) is 1.21. The van der Waals surface area contributed by atoms with Crippen LogP contribution in [-0.2, 0) is 4.79 Å². The first-order chi connectivity index (χ1) is 9.70. The maximum atomic E-state index is 12.2. The molecule has 0 aliphatic carbocycles. The molecule has 0 saturated carbocycles. The monoisotopic (exact) mass is 317 g/mol. The standard InChI is InChI=1S/C16H31N3O.ClH/c1-3-15-6-4-5-10-19(15)11-9-18-16(20)14-7-8-17-13(2)12-14;/h13-15,17H,3-12H2,1-2H3,(H,18,20);1H/t13-,14-,15?;/m0./s1. The van der Waals surface area contributed by atoms with E-state index in [0.717, 1.165) is 38.5 Å². The van der Waals surface area contributed by atoms with E-state index in [1.54, 1.807) is 0 Å². The quantitative estimate of drug-likeness (QED) is 0.817. The van der Waals surface area contributed by atoms with Gasteiger partial charge >= 0.3 is 0 Å². The molecule has 2 rings (SSSR count). The predicted molar refractivity (Wildman–Crippen MR) is 89.9 cm³/mol. The SMILES string of the molecule is CCC1CCCCN1CCNC(=O)[C@H]1CCN[C@@H](C)C1.Cl. The molecule has 2 saturated heterocycles. The van der Waals surface area contributed by atoms with E-state index in [2.05, 4.69) is 29.4 Å². The van der Waals surface area contributed by atoms with Crippen molar-refractivity contribution in [3.63, 3.8) is 0 Å². The second-order valence-corrected chi connectivity index (χ2v) is 6.46. The maximum Gasteiger partial charge on any atom is 0.223 e. The third kappa shape index (κ3) is 5.76. The van der Waals surface area contributed by atoms with Gasteiger partial charge in [0.1, 0.15) is 0 Å². The zero-order valence-electron chi connectivity index (χ0n) is 13.6. The van der Waals surface area contributed by atoms with Gasteiger partial charge in [-0.25, -0.2) is 0 Å². The molecule has 2 aliphatic rings. The Morgan fingerprint density at radius 3 is 2.86 bits per heavy atom. The van der Waals surface area contributed by atoms with Crippen LogP contribution < -0.4 is 10.6 Å². The van der Waals surface area contributed by atoms with Crippen LogP contribution in [0.15, 0.2) is 0 Å². The molecule has 2 aliphatic heterocycles. The number of hydrogen-bond donors (Lipinski definition) is 2. The summed E-state index contributed by atoms with van der Waals surface area (Å²) in [5.74, 6) is 0.484. The lowest BCUT2D eigenvalue weighted by Gasteiger charge is -2.35. The van der Waals surface area contributed by atoms with Gasteiger partial charge in [0.15, 0.2) is 0 Å². The van der Waals surface area contributed by atoms with E-state index in [9.17, 15) is 4.79 Å². The number of carbonyl (C=O) groups is 1. The number of carbonyl (C=O) groups excluding carboxylic acids is 1. The van der Waals surface area contributed by atoms with Crippen LogP contribution in [0.25, 0.3) is 0 Å². The van der Waals surface area contributed by atoms with Crippen LogP contribution in [0.5, 0.6) is 0 Å². The van der Waals surface area contributed by atoms with Crippen molar-refractivity contribution in [2.45, 2.75) is 64.5 Å². The molecule has 2 heterocycles. The summed E-state index contributed by atoms with van der Waals surface area (Å²) in [6.07, 6.45) is 7.21. The van der Waals surface area contributed by atoms with E-state index in [4.69, 9.17) is 0 Å². The molecule has 0 bridgehead atoms. The average Bonchev–Trinajstić information content (AvgIpc) is 2.47. The van der Waals surface area contributed by atoms with Crippen molar-refractivity contribution in [2.75, 3.05) is 26.2 Å². The summed E-state index contributed by atoms with van der Waals surface area (Å²) < 4.78 is 0. The number of nitrogens with zero attached hydrogens (tertiary/aromatic N) is 1. The molecule has 0 radical (unpaired) electrons. The van der Waals surface area contributed by atoms with Crippen molar-refractivity contribution in [1.82, 2.24) is 15.5 Å². The number of hydrogen-bond acceptors (Lipinski definition) is 3. The number of nitrogens with one attached hydrogen (secondary N) is 2. The van der Waals surface area contributed by atoms with Crippen molar-refractivity contribution in [3.05, 3.63) is 0 Å². The summed E-state index contributed by atoms with van der Waals surface area (Å²) in [5.41, 5.74) is 0. The number of likely N-dealkylation sites (tertiary alicyclic amines) is 1. The number of halogens is 1. The minimum Gasteiger partial charge on any atom is -0.355 e. The van der Waals surface area contributed by atoms with Crippen molar-refractivity contribution in [2.24, 2.45) is 5.92 Å². The highest BCUT2D eigenvalue weighted by molar-refractivity contribution is 5.85. The summed E-state index contributed by atoms with van der Waals surface area (Å²) in [7, 11) is 0. The highest BCUT2D eigenvalue weighted by atomic mass is 35.5. The van der Waals surface area contributed by atoms with E-state index >= 15 is 0 Å². The Morgan fingerprint density at radius 2 is 2.14 bits per heavy atom. The Bertz CT molecular complexity index is 314. The second-order valence-electron chi connectivity index (χ2n) is 6.46. The first-order valence-corrected chi connectivity index (χ1v) is 8.45. The summed E-state index contributed by atoms with van der Waals surface area (Å²) in [6.45, 7) is 8.46. The highest BCUT2D eigenvalue weighted by Crippen LogP contribution is 2.19. The molecule has 4 nitrogen and oxygen atoms in total. The summed E-state index contributed by atoms with van der Waals surface area (Å²) in [4.78, 5) is 14.7. The summed E-state index contributed by atoms with van der Waals surface area (Å²) >= 11 is 0. The van der Waals surface area contributed by atoms with Crippen molar-refractivity contribution >= 4 is 18.3 Å². The predicted octanol–water partition coefficient (Wildman–Crippen LogP) is 2.18. The van der Waals surface area contributed by atoms with Gasteiger partial charge in [-0.05, 0) is 52.1 Å². The highest BCUT2D eigenvalue weighted by Gasteiger charge is 2.25. The topological polar surface area (TPSA) is 44.4 Å². The third-order valence-electron chi connectivity index (χ3n) is 4.91. The van der Waals surface area contributed by atoms with Gasteiger partial charge in [0, 0.05) is 31.1 Å². The normalized spacial score (nSPS) is 30.5. The lowest BCUT2D eigenvalue weighted by molar-refractivity contribution is -0.126. The molecule has 0 aromatic rings. The molecule has 0 aromatic carbocycles. The molecular weight excluding hydrogens is 286 g/mol. The average molecular weight is 318 g/mol. The van der Waals surface area contributed by atoms with Crippen molar-refractivity contribution in [1.29, 1.82) is 0 Å². The largest absolute Gasteiger partial charge is 0.355 e. The van der Waals surface area contributed by atoms with Crippen molar-refractivity contribution in [3.8, 4) is 0 Å². The van der Waals surface area contributed by atoms with E-state index < -0.39 is 0 Å². The van der Waals surface area contributed by atoms with E-state index in [0.29, 0.717) is 6.04 Å². The van der Waals surface area contributed by atoms with Gasteiger partial charge in [0.2, 0.25) is 5.91 Å². The zero-order chi connectivity index (χ0) is 14.4. The maximum absolute atomic E-state index is 12.2. The fraction of sp³-hybridized carbons (Fsp3) is 0.938. The van der Waals surface area contributed by atoms with Gasteiger partial charge in [-0.2, -0.15) is 0 Å². The lowest BCUT2D eigenvalue weighted by Crippen LogP contribution is -2.46. The molecule has 0 spiro atoms. The Kier molecular flexibility index (Phi) is 8.60. The molecule has 3 atom stereocenters. The molecule has 124 valence electrons. The minimum absolute atomic E-state index is 0. The van der Waals surface area contributed by atoms with Gasteiger partial charge in [-0.15, -0.1) is 12.4 Å². The molecule has 5 heteroatoms. The second kappa shape index (κ2) is 9.65. The summed E-state index contributed by atoms with van der Waals surface area (Å²) in [5, 5.41) is 6.56.